The number of nitrogens with one attached hydrogen (secondary N) is 2. The summed E-state index contributed by atoms with van der Waals surface area (Å²) >= 11 is 0. The third kappa shape index (κ3) is 5.28. The van der Waals surface area contributed by atoms with Crippen molar-refractivity contribution in [3.05, 3.63) is 29.8 Å². The molecule has 28 heavy (non-hydrogen) atoms. The molecule has 1 aromatic carbocycles. The second-order valence-corrected chi connectivity index (χ2v) is 8.25. The Kier molecular flexibility index (Phi) is 6.33. The molecule has 0 aromatic heterocycles. The normalized spacial score (nSPS) is 21.2. The van der Waals surface area contributed by atoms with Crippen molar-refractivity contribution in [3.8, 4) is 0 Å². The van der Waals surface area contributed by atoms with Gasteiger partial charge in [0.15, 0.2) is 0 Å². The molecule has 1 aliphatic heterocycles. The maximum Gasteiger partial charge on any atom is 0.251 e. The third-order valence-electron chi connectivity index (χ3n) is 5.95. The standard InChI is InChI=1S/C21H29F2N3O2/c1-20(8-10-21(22,23)11-9-20)19(28)25-17-6-4-16(5-7-17)18(27)24-12-15-26-13-2-3-14-26/h4-7H,2-3,8-15H2,1H3,(H,24,27)(H,25,28). The molecule has 0 spiro atoms. The van der Waals surface area contributed by atoms with Gasteiger partial charge < -0.3 is 15.5 Å². The van der Waals surface area contributed by atoms with Gasteiger partial charge in [0.2, 0.25) is 11.8 Å². The number of amides is 2. The van der Waals surface area contributed by atoms with Gasteiger partial charge in [0, 0.05) is 42.6 Å². The molecule has 0 atom stereocenters. The van der Waals surface area contributed by atoms with Crippen LogP contribution in [0.25, 0.3) is 0 Å². The van der Waals surface area contributed by atoms with Crippen LogP contribution in [0.5, 0.6) is 0 Å². The number of nitrogens with zero attached hydrogens (tertiary/aromatic N) is 1. The summed E-state index contributed by atoms with van der Waals surface area (Å²) in [5, 5.41) is 5.72. The summed E-state index contributed by atoms with van der Waals surface area (Å²) in [5.74, 6) is -3.05. The second kappa shape index (κ2) is 8.55. The fourth-order valence-electron chi connectivity index (χ4n) is 3.82. The SMILES string of the molecule is CC1(C(=O)Nc2ccc(C(=O)NCCN3CCCC3)cc2)CCC(F)(F)CC1. The van der Waals surface area contributed by atoms with Crippen molar-refractivity contribution in [2.45, 2.75) is 51.4 Å². The van der Waals surface area contributed by atoms with Crippen LogP contribution in [-0.4, -0.2) is 48.8 Å². The Morgan fingerprint density at radius 1 is 1.04 bits per heavy atom. The number of benzene rings is 1. The van der Waals surface area contributed by atoms with Gasteiger partial charge in [-0.25, -0.2) is 8.78 Å². The first kappa shape index (κ1) is 20.7. The quantitative estimate of drug-likeness (QED) is 0.775. The highest BCUT2D eigenvalue weighted by Gasteiger charge is 2.44. The highest BCUT2D eigenvalue weighted by Crippen LogP contribution is 2.43. The number of alkyl halides is 2. The maximum atomic E-state index is 13.4. The van der Waals surface area contributed by atoms with Crippen LogP contribution in [0.3, 0.4) is 0 Å². The zero-order valence-corrected chi connectivity index (χ0v) is 16.4. The zero-order valence-electron chi connectivity index (χ0n) is 16.4. The lowest BCUT2D eigenvalue weighted by atomic mass is 9.73. The highest BCUT2D eigenvalue weighted by atomic mass is 19.3. The largest absolute Gasteiger partial charge is 0.351 e. The summed E-state index contributed by atoms with van der Waals surface area (Å²) < 4.78 is 26.7. The van der Waals surface area contributed by atoms with E-state index in [1.54, 1.807) is 31.2 Å². The number of hydrogen-bond donors (Lipinski definition) is 2. The Balaban J connectivity index is 1.48. The van der Waals surface area contributed by atoms with Crippen molar-refractivity contribution in [2.24, 2.45) is 5.41 Å². The molecule has 1 aromatic rings. The van der Waals surface area contributed by atoms with Crippen LogP contribution < -0.4 is 10.6 Å². The van der Waals surface area contributed by atoms with Crippen molar-refractivity contribution in [3.63, 3.8) is 0 Å². The smallest absolute Gasteiger partial charge is 0.251 e. The Hall–Kier alpha value is -2.02. The lowest BCUT2D eigenvalue weighted by molar-refractivity contribution is -0.132. The van der Waals surface area contributed by atoms with E-state index < -0.39 is 11.3 Å². The number of likely N-dealkylation sites (tertiary alicyclic amines) is 1. The molecule has 0 radical (unpaired) electrons. The fourth-order valence-corrected chi connectivity index (χ4v) is 3.82. The summed E-state index contributed by atoms with van der Waals surface area (Å²) in [6, 6.07) is 6.68. The molecule has 2 amide bonds. The average Bonchev–Trinajstić information content (AvgIpc) is 3.18. The van der Waals surface area contributed by atoms with E-state index in [0.29, 0.717) is 17.8 Å². The molecule has 2 aliphatic rings. The highest BCUT2D eigenvalue weighted by molar-refractivity contribution is 5.97. The topological polar surface area (TPSA) is 61.4 Å². The lowest BCUT2D eigenvalue weighted by Crippen LogP contribution is -2.40. The fraction of sp³-hybridized carbons (Fsp3) is 0.619. The van der Waals surface area contributed by atoms with Crippen LogP contribution >= 0.6 is 0 Å². The van der Waals surface area contributed by atoms with E-state index in [-0.39, 0.29) is 37.5 Å². The van der Waals surface area contributed by atoms with E-state index in [1.165, 1.54) is 12.8 Å². The number of carbonyl (C=O) groups excluding carboxylic acids is 2. The molecule has 1 aliphatic carbocycles. The number of rotatable bonds is 6. The predicted octanol–water partition coefficient (Wildman–Crippen LogP) is 3.67. The first-order chi connectivity index (χ1) is 13.3. The number of anilines is 1. The van der Waals surface area contributed by atoms with E-state index >= 15 is 0 Å². The molecule has 5 nitrogen and oxygen atoms in total. The van der Waals surface area contributed by atoms with Crippen LogP contribution in [0, 0.1) is 5.41 Å². The van der Waals surface area contributed by atoms with E-state index in [4.69, 9.17) is 0 Å². The molecule has 1 saturated heterocycles. The minimum Gasteiger partial charge on any atom is -0.351 e. The number of hydrogen-bond acceptors (Lipinski definition) is 3. The summed E-state index contributed by atoms with van der Waals surface area (Å²) in [6.07, 6.45) is 2.28. The van der Waals surface area contributed by atoms with Crippen LogP contribution in [0.4, 0.5) is 14.5 Å². The molecule has 2 N–H and O–H groups in total. The van der Waals surface area contributed by atoms with Gasteiger partial charge in [-0.1, -0.05) is 6.92 Å². The van der Waals surface area contributed by atoms with Gasteiger partial charge in [0.25, 0.3) is 5.91 Å². The van der Waals surface area contributed by atoms with Gasteiger partial charge in [-0.3, -0.25) is 9.59 Å². The first-order valence-corrected chi connectivity index (χ1v) is 10.1. The molecule has 1 heterocycles. The minimum atomic E-state index is -2.66. The molecule has 7 heteroatoms. The third-order valence-corrected chi connectivity index (χ3v) is 5.95. The Morgan fingerprint density at radius 2 is 1.64 bits per heavy atom. The Morgan fingerprint density at radius 3 is 2.25 bits per heavy atom. The van der Waals surface area contributed by atoms with Gasteiger partial charge in [-0.2, -0.15) is 0 Å². The molecule has 0 bridgehead atoms. The van der Waals surface area contributed by atoms with Crippen molar-refractivity contribution in [1.29, 1.82) is 0 Å². The van der Waals surface area contributed by atoms with Crippen molar-refractivity contribution in [1.82, 2.24) is 10.2 Å². The van der Waals surface area contributed by atoms with Gasteiger partial charge in [-0.15, -0.1) is 0 Å². The summed E-state index contributed by atoms with van der Waals surface area (Å²) in [6.45, 7) is 5.40. The second-order valence-electron chi connectivity index (χ2n) is 8.25. The van der Waals surface area contributed by atoms with Crippen LogP contribution in [0.15, 0.2) is 24.3 Å². The molecule has 3 rings (SSSR count). The van der Waals surface area contributed by atoms with Gasteiger partial charge in [0.1, 0.15) is 0 Å². The molecule has 154 valence electrons. The maximum absolute atomic E-state index is 13.4. The zero-order chi connectivity index (χ0) is 20.2. The molecule has 1 saturated carbocycles. The first-order valence-electron chi connectivity index (χ1n) is 10.1. The van der Waals surface area contributed by atoms with E-state index in [0.717, 1.165) is 19.6 Å². The molecule has 2 fully saturated rings. The van der Waals surface area contributed by atoms with Crippen molar-refractivity contribution < 1.29 is 18.4 Å². The Labute approximate surface area is 164 Å². The van der Waals surface area contributed by atoms with Gasteiger partial charge in [-0.05, 0) is 63.0 Å². The van der Waals surface area contributed by atoms with E-state index in [9.17, 15) is 18.4 Å². The number of halogens is 2. The lowest BCUT2D eigenvalue weighted by Gasteiger charge is -2.35. The van der Waals surface area contributed by atoms with Crippen LogP contribution in [0.1, 0.15) is 55.8 Å². The molecular formula is C21H29F2N3O2. The van der Waals surface area contributed by atoms with E-state index in [1.807, 2.05) is 0 Å². The summed E-state index contributed by atoms with van der Waals surface area (Å²) in [5.41, 5.74) is 0.313. The van der Waals surface area contributed by atoms with Crippen LogP contribution in [0.2, 0.25) is 0 Å². The van der Waals surface area contributed by atoms with Gasteiger partial charge in [0.05, 0.1) is 0 Å². The summed E-state index contributed by atoms with van der Waals surface area (Å²) in [7, 11) is 0. The van der Waals surface area contributed by atoms with Crippen molar-refractivity contribution >= 4 is 17.5 Å². The monoisotopic (exact) mass is 393 g/mol. The Bertz CT molecular complexity index is 690. The predicted molar refractivity (Wildman–Crippen MR) is 105 cm³/mol. The van der Waals surface area contributed by atoms with Crippen molar-refractivity contribution in [2.75, 3.05) is 31.5 Å². The molecular weight excluding hydrogens is 364 g/mol. The average molecular weight is 393 g/mol. The van der Waals surface area contributed by atoms with Crippen LogP contribution in [-0.2, 0) is 4.79 Å². The molecule has 0 unspecified atom stereocenters. The minimum absolute atomic E-state index is 0.140. The van der Waals surface area contributed by atoms with Gasteiger partial charge >= 0.3 is 0 Å². The number of carbonyl (C=O) groups is 2. The van der Waals surface area contributed by atoms with E-state index in [2.05, 4.69) is 15.5 Å². The summed E-state index contributed by atoms with van der Waals surface area (Å²) in [4.78, 5) is 27.1.